The molecule has 94 valence electrons. The third kappa shape index (κ3) is 2.20. The number of rotatable bonds is 1. The van der Waals surface area contributed by atoms with Gasteiger partial charge in [-0.15, -0.1) is 4.74 Å². The van der Waals surface area contributed by atoms with Gasteiger partial charge in [0.05, 0.1) is 11.8 Å². The van der Waals surface area contributed by atoms with E-state index < -0.39 is 17.7 Å². The zero-order valence-electron chi connectivity index (χ0n) is 8.77. The van der Waals surface area contributed by atoms with E-state index in [1.807, 2.05) is 0 Å². The number of halogens is 3. The predicted octanol–water partition coefficient (Wildman–Crippen LogP) is 2.31. The summed E-state index contributed by atoms with van der Waals surface area (Å²) in [6, 6.07) is 8.54. The summed E-state index contributed by atoms with van der Waals surface area (Å²) in [6.45, 7) is 0. The van der Waals surface area contributed by atoms with E-state index in [2.05, 4.69) is 4.52 Å². The molecule has 0 bridgehead atoms. The molecule has 1 aromatic heterocycles. The van der Waals surface area contributed by atoms with E-state index in [0.29, 0.717) is 0 Å². The topological polar surface area (TPSA) is 52.2 Å². The highest BCUT2D eigenvalue weighted by Crippen LogP contribution is 2.23. The van der Waals surface area contributed by atoms with E-state index in [4.69, 9.17) is 0 Å². The van der Waals surface area contributed by atoms with E-state index in [-0.39, 0.29) is 16.0 Å². The molecule has 7 heteroatoms. The third-order valence-electron chi connectivity index (χ3n) is 2.15. The van der Waals surface area contributed by atoms with Crippen molar-refractivity contribution < 1.29 is 22.5 Å². The Kier molecular flexibility index (Phi) is 2.82. The molecule has 0 aliphatic carbocycles. The van der Waals surface area contributed by atoms with Gasteiger partial charge in [0.1, 0.15) is 0 Å². The van der Waals surface area contributed by atoms with Crippen LogP contribution in [0.1, 0.15) is 4.79 Å². The minimum atomic E-state index is -5.11. The summed E-state index contributed by atoms with van der Waals surface area (Å²) >= 11 is 0. The standard InChI is InChI=1S/C11H6F3NO3/c12-11(13,14)10(17)15-8(6-9(16)18-15)7-4-2-1-3-5-7/h1-6H. The zero-order chi connectivity index (χ0) is 13.3. The first kappa shape index (κ1) is 12.2. The highest BCUT2D eigenvalue weighted by atomic mass is 19.4. The minimum Gasteiger partial charge on any atom is -0.328 e. The molecule has 0 aliphatic heterocycles. The van der Waals surface area contributed by atoms with Crippen molar-refractivity contribution in [2.24, 2.45) is 0 Å². The van der Waals surface area contributed by atoms with Gasteiger partial charge in [-0.2, -0.15) is 13.2 Å². The van der Waals surface area contributed by atoms with E-state index in [9.17, 15) is 22.8 Å². The molecule has 0 N–H and O–H groups in total. The Labute approximate surface area is 98.2 Å². The largest absolute Gasteiger partial charge is 0.474 e. The van der Waals surface area contributed by atoms with E-state index in [1.165, 1.54) is 12.1 Å². The van der Waals surface area contributed by atoms with Gasteiger partial charge in [-0.05, 0) is 0 Å². The summed E-state index contributed by atoms with van der Waals surface area (Å²) in [7, 11) is 0. The van der Waals surface area contributed by atoms with Gasteiger partial charge in [0.2, 0.25) is 0 Å². The second kappa shape index (κ2) is 4.17. The molecule has 2 rings (SSSR count). The Morgan fingerprint density at radius 3 is 2.33 bits per heavy atom. The molecular formula is C11H6F3NO3. The molecule has 0 amide bonds. The first-order valence-electron chi connectivity index (χ1n) is 4.80. The first-order chi connectivity index (χ1) is 8.39. The van der Waals surface area contributed by atoms with Crippen molar-refractivity contribution in [1.82, 2.24) is 4.74 Å². The van der Waals surface area contributed by atoms with Crippen molar-refractivity contribution in [3.63, 3.8) is 0 Å². The Bertz CT molecular complexity index is 625. The number of benzene rings is 1. The number of hydrogen-bond acceptors (Lipinski definition) is 3. The maximum absolute atomic E-state index is 12.3. The molecule has 1 heterocycles. The second-order valence-electron chi connectivity index (χ2n) is 3.40. The first-order valence-corrected chi connectivity index (χ1v) is 4.80. The van der Waals surface area contributed by atoms with Crippen molar-refractivity contribution in [2.75, 3.05) is 0 Å². The number of alkyl halides is 3. The molecule has 2 aromatic rings. The van der Waals surface area contributed by atoms with Gasteiger partial charge in [0.25, 0.3) is 0 Å². The zero-order valence-corrected chi connectivity index (χ0v) is 8.77. The van der Waals surface area contributed by atoms with Crippen LogP contribution in [-0.4, -0.2) is 16.8 Å². The molecule has 18 heavy (non-hydrogen) atoms. The highest BCUT2D eigenvalue weighted by molar-refractivity contribution is 5.86. The van der Waals surface area contributed by atoms with Crippen LogP contribution in [0.15, 0.2) is 45.7 Å². The molecule has 0 fully saturated rings. The van der Waals surface area contributed by atoms with Gasteiger partial charge in [0.15, 0.2) is 0 Å². The maximum atomic E-state index is 12.3. The van der Waals surface area contributed by atoms with Crippen LogP contribution in [0.25, 0.3) is 11.3 Å². The Morgan fingerprint density at radius 1 is 1.17 bits per heavy atom. The molecule has 1 aromatic carbocycles. The average molecular weight is 257 g/mol. The molecule has 4 nitrogen and oxygen atoms in total. The second-order valence-corrected chi connectivity index (χ2v) is 3.40. The summed E-state index contributed by atoms with van der Waals surface area (Å²) in [5.74, 6) is -2.25. The molecule has 0 radical (unpaired) electrons. The number of carbonyl (C=O) groups is 1. The van der Waals surface area contributed by atoms with Crippen molar-refractivity contribution in [2.45, 2.75) is 6.18 Å². The lowest BCUT2D eigenvalue weighted by molar-refractivity contribution is -0.0998. The van der Waals surface area contributed by atoms with E-state index in [1.54, 1.807) is 18.2 Å². The molecule has 0 spiro atoms. The smallest absolute Gasteiger partial charge is 0.328 e. The van der Waals surface area contributed by atoms with Gasteiger partial charge in [-0.25, -0.2) is 4.79 Å². The number of aromatic nitrogens is 1. The fourth-order valence-electron chi connectivity index (χ4n) is 1.41. The van der Waals surface area contributed by atoms with Crippen LogP contribution in [-0.2, 0) is 0 Å². The van der Waals surface area contributed by atoms with Crippen LogP contribution >= 0.6 is 0 Å². The van der Waals surface area contributed by atoms with E-state index in [0.717, 1.165) is 6.07 Å². The Hall–Kier alpha value is -2.31. The van der Waals surface area contributed by atoms with Crippen molar-refractivity contribution >= 4 is 5.91 Å². The molecule has 0 saturated carbocycles. The average Bonchev–Trinajstić information content (AvgIpc) is 2.70. The molecule has 0 aliphatic rings. The van der Waals surface area contributed by atoms with Crippen molar-refractivity contribution in [1.29, 1.82) is 0 Å². The number of carbonyl (C=O) groups excluding carboxylic acids is 1. The number of nitrogens with zero attached hydrogens (tertiary/aromatic N) is 1. The summed E-state index contributed by atoms with van der Waals surface area (Å²) < 4.78 is 41.1. The van der Waals surface area contributed by atoms with Gasteiger partial charge in [-0.3, -0.25) is 4.79 Å². The number of hydrogen-bond donors (Lipinski definition) is 0. The molecular weight excluding hydrogens is 251 g/mol. The molecule has 0 unspecified atom stereocenters. The normalized spacial score (nSPS) is 11.5. The fourth-order valence-corrected chi connectivity index (χ4v) is 1.41. The lowest BCUT2D eigenvalue weighted by Crippen LogP contribution is -2.29. The van der Waals surface area contributed by atoms with Gasteiger partial charge in [0, 0.05) is 5.56 Å². The quantitative estimate of drug-likeness (QED) is 0.787. The van der Waals surface area contributed by atoms with Crippen molar-refractivity contribution in [3.05, 3.63) is 46.8 Å². The maximum Gasteiger partial charge on any atom is 0.474 e. The summed E-state index contributed by atoms with van der Waals surface area (Å²) in [5.41, 5.74) is -0.977. The molecule has 0 saturated heterocycles. The Balaban J connectivity index is 2.58. The predicted molar refractivity (Wildman–Crippen MR) is 55.1 cm³/mol. The van der Waals surface area contributed by atoms with Crippen LogP contribution < -0.4 is 5.63 Å². The van der Waals surface area contributed by atoms with E-state index >= 15 is 0 Å². The third-order valence-corrected chi connectivity index (χ3v) is 2.15. The summed E-state index contributed by atoms with van der Waals surface area (Å²) in [4.78, 5) is 22.1. The van der Waals surface area contributed by atoms with Gasteiger partial charge >= 0.3 is 17.7 Å². The van der Waals surface area contributed by atoms with Crippen LogP contribution in [0.3, 0.4) is 0 Å². The van der Waals surface area contributed by atoms with Crippen LogP contribution in [0, 0.1) is 0 Å². The minimum absolute atomic E-state index is 0.0440. The Morgan fingerprint density at radius 2 is 1.78 bits per heavy atom. The summed E-state index contributed by atoms with van der Waals surface area (Å²) in [5, 5.41) is 0. The monoisotopic (exact) mass is 257 g/mol. The van der Waals surface area contributed by atoms with Gasteiger partial charge in [-0.1, -0.05) is 30.3 Å². The lowest BCUT2D eigenvalue weighted by atomic mass is 10.1. The van der Waals surface area contributed by atoms with Crippen molar-refractivity contribution in [3.8, 4) is 11.3 Å². The SMILES string of the molecule is O=C(n1oc(=O)cc1-c1ccccc1)C(F)(F)F. The lowest BCUT2D eigenvalue weighted by Gasteiger charge is -2.07. The van der Waals surface area contributed by atoms with Crippen LogP contribution in [0.2, 0.25) is 0 Å². The van der Waals surface area contributed by atoms with Crippen LogP contribution in [0.4, 0.5) is 13.2 Å². The summed E-state index contributed by atoms with van der Waals surface area (Å²) in [6.07, 6.45) is -5.11. The van der Waals surface area contributed by atoms with Gasteiger partial charge < -0.3 is 4.52 Å². The highest BCUT2D eigenvalue weighted by Gasteiger charge is 2.42. The fraction of sp³-hybridized carbons (Fsp3) is 0.0909. The molecule has 0 atom stereocenters. The van der Waals surface area contributed by atoms with Crippen LogP contribution in [0.5, 0.6) is 0 Å².